The zero-order valence-corrected chi connectivity index (χ0v) is 21.4. The molecular weight excluding hydrogens is 380 g/mol. The summed E-state index contributed by atoms with van der Waals surface area (Å²) in [7, 11) is 0. The van der Waals surface area contributed by atoms with Crippen molar-refractivity contribution in [3.63, 3.8) is 0 Å². The van der Waals surface area contributed by atoms with Crippen LogP contribution in [0.3, 0.4) is 0 Å². The van der Waals surface area contributed by atoms with Gasteiger partial charge < -0.3 is 5.11 Å². The molecule has 7 atom stereocenters. The number of rotatable bonds is 5. The van der Waals surface area contributed by atoms with Crippen LogP contribution < -0.4 is 0 Å². The smallest absolute Gasteiger partial charge is 0.167 e. The molecule has 4 rings (SSSR count). The van der Waals surface area contributed by atoms with E-state index < -0.39 is 5.60 Å². The van der Waals surface area contributed by atoms with E-state index in [-0.39, 0.29) is 17.1 Å². The first kappa shape index (κ1) is 23.5. The van der Waals surface area contributed by atoms with Gasteiger partial charge in [-0.05, 0) is 92.3 Å². The maximum absolute atomic E-state index is 13.1. The molecule has 0 radical (unpaired) electrons. The summed E-state index contributed by atoms with van der Waals surface area (Å²) >= 11 is 0. The fourth-order valence-electron chi connectivity index (χ4n) is 8.87. The van der Waals surface area contributed by atoms with E-state index in [2.05, 4.69) is 41.5 Å². The lowest BCUT2D eigenvalue weighted by atomic mass is 9.45. The summed E-state index contributed by atoms with van der Waals surface area (Å²) in [5.41, 5.74) is 2.95. The van der Waals surface area contributed by atoms with Crippen LogP contribution in [0.15, 0.2) is 11.1 Å². The van der Waals surface area contributed by atoms with Crippen molar-refractivity contribution in [2.75, 3.05) is 0 Å². The van der Waals surface area contributed by atoms with Gasteiger partial charge >= 0.3 is 0 Å². The molecule has 31 heavy (non-hydrogen) atoms. The van der Waals surface area contributed by atoms with Crippen LogP contribution in [0.2, 0.25) is 0 Å². The van der Waals surface area contributed by atoms with Gasteiger partial charge in [0.2, 0.25) is 0 Å². The van der Waals surface area contributed by atoms with Gasteiger partial charge in [-0.25, -0.2) is 0 Å². The molecule has 176 valence electrons. The van der Waals surface area contributed by atoms with E-state index in [1.807, 2.05) is 0 Å². The van der Waals surface area contributed by atoms with Crippen molar-refractivity contribution in [1.29, 1.82) is 0 Å². The minimum Gasteiger partial charge on any atom is -0.382 e. The maximum atomic E-state index is 13.1. The van der Waals surface area contributed by atoms with Gasteiger partial charge in [0.05, 0.1) is 0 Å². The monoisotopic (exact) mass is 428 g/mol. The molecule has 0 aromatic heterocycles. The Labute approximate surface area is 191 Å². The van der Waals surface area contributed by atoms with Gasteiger partial charge in [-0.3, -0.25) is 4.79 Å². The summed E-state index contributed by atoms with van der Waals surface area (Å²) in [6.45, 7) is 16.6. The molecule has 0 aromatic rings. The van der Waals surface area contributed by atoms with Crippen LogP contribution in [0, 0.1) is 39.9 Å². The summed E-state index contributed by atoms with van der Waals surface area (Å²) in [6, 6.07) is 0. The van der Waals surface area contributed by atoms with E-state index in [9.17, 15) is 9.90 Å². The summed E-state index contributed by atoms with van der Waals surface area (Å²) < 4.78 is 0. The molecule has 0 aliphatic heterocycles. The van der Waals surface area contributed by atoms with Crippen molar-refractivity contribution in [2.24, 2.45) is 39.9 Å². The number of allylic oxidation sites excluding steroid dienone is 2. The Kier molecular flexibility index (Phi) is 5.85. The summed E-state index contributed by atoms with van der Waals surface area (Å²) in [5, 5.41) is 10.7. The molecule has 1 N–H and O–H groups in total. The van der Waals surface area contributed by atoms with Gasteiger partial charge in [-0.2, -0.15) is 0 Å². The summed E-state index contributed by atoms with van der Waals surface area (Å²) in [6.07, 6.45) is 12.9. The number of fused-ring (bicyclic) bond motifs is 4. The van der Waals surface area contributed by atoms with Crippen molar-refractivity contribution in [3.05, 3.63) is 11.1 Å². The van der Waals surface area contributed by atoms with Gasteiger partial charge in [-0.1, -0.05) is 72.0 Å². The first-order chi connectivity index (χ1) is 14.4. The van der Waals surface area contributed by atoms with E-state index in [4.69, 9.17) is 0 Å². The van der Waals surface area contributed by atoms with E-state index in [1.165, 1.54) is 44.9 Å². The average molecular weight is 429 g/mol. The van der Waals surface area contributed by atoms with Gasteiger partial charge in [0.1, 0.15) is 5.60 Å². The van der Waals surface area contributed by atoms with Gasteiger partial charge in [0, 0.05) is 5.92 Å². The first-order valence-electron chi connectivity index (χ1n) is 13.4. The van der Waals surface area contributed by atoms with E-state index in [1.54, 1.807) is 18.1 Å². The highest BCUT2D eigenvalue weighted by Crippen LogP contribution is 2.71. The molecule has 0 aromatic carbocycles. The Hall–Kier alpha value is -0.630. The minimum atomic E-state index is -1.11. The normalized spacial score (nSPS) is 46.0. The lowest BCUT2D eigenvalue weighted by Gasteiger charge is -2.59. The van der Waals surface area contributed by atoms with Gasteiger partial charge in [0.25, 0.3) is 0 Å². The third-order valence-electron chi connectivity index (χ3n) is 11.2. The molecule has 2 heteroatoms. The number of aliphatic hydroxyl groups is 1. The highest BCUT2D eigenvalue weighted by molar-refractivity contribution is 5.91. The van der Waals surface area contributed by atoms with Crippen molar-refractivity contribution in [2.45, 2.75) is 125 Å². The molecule has 2 fully saturated rings. The van der Waals surface area contributed by atoms with E-state index in [0.29, 0.717) is 17.3 Å². The third kappa shape index (κ3) is 3.41. The van der Waals surface area contributed by atoms with Crippen LogP contribution in [0.5, 0.6) is 0 Å². The summed E-state index contributed by atoms with van der Waals surface area (Å²) in [4.78, 5) is 13.1. The Morgan fingerprint density at radius 3 is 2.29 bits per heavy atom. The predicted octanol–water partition coefficient (Wildman–Crippen LogP) is 7.49. The van der Waals surface area contributed by atoms with Crippen molar-refractivity contribution in [3.8, 4) is 0 Å². The Balaban J connectivity index is 1.62. The van der Waals surface area contributed by atoms with E-state index in [0.717, 1.165) is 37.0 Å². The number of carbonyl (C=O) groups excluding carboxylic acids is 1. The maximum Gasteiger partial charge on any atom is 0.167 e. The van der Waals surface area contributed by atoms with Crippen LogP contribution >= 0.6 is 0 Å². The van der Waals surface area contributed by atoms with Crippen molar-refractivity contribution >= 4 is 5.78 Å². The molecule has 2 saturated carbocycles. The zero-order chi connectivity index (χ0) is 22.8. The molecular formula is C29H48O2. The number of Topliss-reactive ketones (excluding diaryl/α,β-unsaturated/α-hetero) is 1. The Morgan fingerprint density at radius 2 is 1.61 bits per heavy atom. The van der Waals surface area contributed by atoms with Crippen LogP contribution in [0.1, 0.15) is 119 Å². The largest absolute Gasteiger partial charge is 0.382 e. The summed E-state index contributed by atoms with van der Waals surface area (Å²) in [5.74, 6) is 2.60. The standard InChI is InChI=1S/C29H48O2/c1-19(2)9-8-10-20(3)21-13-15-28(6)23-11-12-24-25(30)29(7,31)18-17-26(24,4)22(23)14-16-27(21,28)5/h19-21,24,31H,8-18H2,1-7H3/t20-,21-,24-,26-,27-,28+,29+/m1/s1. The molecule has 2 nitrogen and oxygen atoms in total. The second-order valence-corrected chi connectivity index (χ2v) is 13.3. The molecule has 4 aliphatic rings. The Morgan fingerprint density at radius 1 is 0.903 bits per heavy atom. The Bertz CT molecular complexity index is 761. The minimum absolute atomic E-state index is 0.0157. The second kappa shape index (κ2) is 7.71. The van der Waals surface area contributed by atoms with Gasteiger partial charge in [-0.15, -0.1) is 0 Å². The van der Waals surface area contributed by atoms with Crippen molar-refractivity contribution in [1.82, 2.24) is 0 Å². The van der Waals surface area contributed by atoms with Crippen LogP contribution in [0.25, 0.3) is 0 Å². The fourth-order valence-corrected chi connectivity index (χ4v) is 8.87. The lowest BCUT2D eigenvalue weighted by Crippen LogP contribution is -2.55. The predicted molar refractivity (Wildman–Crippen MR) is 129 cm³/mol. The highest BCUT2D eigenvalue weighted by atomic mass is 16.3. The third-order valence-corrected chi connectivity index (χ3v) is 11.2. The average Bonchev–Trinajstić information content (AvgIpc) is 2.97. The highest BCUT2D eigenvalue weighted by Gasteiger charge is 2.63. The quantitative estimate of drug-likeness (QED) is 0.460. The molecule has 0 spiro atoms. The number of ketones is 1. The lowest BCUT2D eigenvalue weighted by molar-refractivity contribution is -0.152. The fraction of sp³-hybridized carbons (Fsp3) is 0.897. The second-order valence-electron chi connectivity index (χ2n) is 13.3. The van der Waals surface area contributed by atoms with Crippen molar-refractivity contribution < 1.29 is 9.90 Å². The number of hydrogen-bond acceptors (Lipinski definition) is 2. The molecule has 0 unspecified atom stereocenters. The molecule has 0 bridgehead atoms. The van der Waals surface area contributed by atoms with E-state index >= 15 is 0 Å². The van der Waals surface area contributed by atoms with Gasteiger partial charge in [0.15, 0.2) is 5.78 Å². The van der Waals surface area contributed by atoms with Crippen LogP contribution in [-0.4, -0.2) is 16.5 Å². The zero-order valence-electron chi connectivity index (χ0n) is 21.4. The molecule has 0 saturated heterocycles. The molecule has 0 amide bonds. The van der Waals surface area contributed by atoms with Crippen LogP contribution in [0.4, 0.5) is 0 Å². The molecule has 4 aliphatic carbocycles. The number of hydrogen-bond donors (Lipinski definition) is 1. The SMILES string of the molecule is CC(C)CCC[C@@H](C)[C@H]1CC[C@@]2(C)C3=C(CC[C@]12C)[C@@]1(C)CC[C@](C)(O)C(=O)[C@H]1CC3. The topological polar surface area (TPSA) is 37.3 Å². The first-order valence-corrected chi connectivity index (χ1v) is 13.4. The number of carbonyl (C=O) groups is 1. The molecule has 0 heterocycles. The van der Waals surface area contributed by atoms with Crippen LogP contribution in [-0.2, 0) is 4.79 Å².